The average Bonchev–Trinajstić information content (AvgIpc) is 3.50. The minimum Gasteiger partial charge on any atom is -0.546 e. The van der Waals surface area contributed by atoms with Gasteiger partial charge in [0.15, 0.2) is 46.0 Å². The molecular formula is C36H28FeO16. The van der Waals surface area contributed by atoms with Gasteiger partial charge in [0.1, 0.15) is 24.2 Å². The van der Waals surface area contributed by atoms with E-state index in [4.69, 9.17) is 14.2 Å². The summed E-state index contributed by atoms with van der Waals surface area (Å²) in [5.74, 6) is -11.6. The van der Waals surface area contributed by atoms with Gasteiger partial charge in [0.25, 0.3) is 0 Å². The van der Waals surface area contributed by atoms with Crippen molar-refractivity contribution in [3.63, 3.8) is 0 Å². The van der Waals surface area contributed by atoms with Gasteiger partial charge in [0.2, 0.25) is 0 Å². The molecule has 4 atom stereocenters. The molecule has 0 unspecified atom stereocenters. The number of hydrogen-bond acceptors (Lipinski definition) is 16. The molecule has 7 N–H and O–H groups in total. The molecule has 0 amide bonds. The number of phenols is 7. The molecular weight excluding hydrogens is 744 g/mol. The number of carboxylic acid groups (broad SMARTS) is 2. The number of hydrogen-bond donors (Lipinski definition) is 7. The standard InChI is InChI=1S/C36H30O16.Fe/c37-20-6-1-16(11-24(20)41)13-27(34(45)46)50-29(44)10-5-18-3-9-23(40)33-30(18)31(32(52-33)19-4-8-22(39)26(43)15-19)36(49)51-28(35(47)48)14-17-2-7-21(38)25(42)12-17;/h1-12,15,27-28,31-32,37-43H,13-14H2,(H,45,46)(H,47,48);/q;+2/p-2/b10-5+;/t27-,28-,31-,32+;/m1./s1. The fourth-order valence-electron chi connectivity index (χ4n) is 5.48. The molecule has 4 aromatic rings. The van der Waals surface area contributed by atoms with Crippen LogP contribution in [-0.2, 0) is 58.6 Å². The van der Waals surface area contributed by atoms with Gasteiger partial charge in [-0.15, -0.1) is 0 Å². The third-order valence-electron chi connectivity index (χ3n) is 8.01. The summed E-state index contributed by atoms with van der Waals surface area (Å²) in [6.07, 6.45) is -4.31. The molecule has 0 fully saturated rings. The Bertz CT molecular complexity index is 2090. The maximum Gasteiger partial charge on any atom is 2.00 e. The Hall–Kier alpha value is -6.58. The second-order valence-electron chi connectivity index (χ2n) is 11.6. The van der Waals surface area contributed by atoms with Crippen LogP contribution in [0.2, 0.25) is 0 Å². The van der Waals surface area contributed by atoms with Crippen LogP contribution in [0.1, 0.15) is 39.8 Å². The van der Waals surface area contributed by atoms with Gasteiger partial charge < -0.3 is 69.8 Å². The summed E-state index contributed by atoms with van der Waals surface area (Å²) in [6.45, 7) is 0. The van der Waals surface area contributed by atoms with E-state index in [2.05, 4.69) is 0 Å². The van der Waals surface area contributed by atoms with E-state index in [0.29, 0.717) is 0 Å². The van der Waals surface area contributed by atoms with Gasteiger partial charge in [-0.3, -0.25) is 4.79 Å². The zero-order valence-corrected chi connectivity index (χ0v) is 28.0. The summed E-state index contributed by atoms with van der Waals surface area (Å²) in [5.41, 5.74) is 0.269. The van der Waals surface area contributed by atoms with E-state index >= 15 is 0 Å². The Morgan fingerprint density at radius 2 is 1.15 bits per heavy atom. The maximum absolute atomic E-state index is 13.9. The first kappa shape index (κ1) is 39.2. The molecule has 0 aromatic heterocycles. The van der Waals surface area contributed by atoms with Crippen LogP contribution < -0.4 is 14.9 Å². The summed E-state index contributed by atoms with van der Waals surface area (Å²) in [4.78, 5) is 50.6. The van der Waals surface area contributed by atoms with E-state index in [1.807, 2.05) is 0 Å². The van der Waals surface area contributed by atoms with Crippen LogP contribution in [0.5, 0.6) is 46.0 Å². The first-order valence-corrected chi connectivity index (χ1v) is 15.2. The van der Waals surface area contributed by atoms with Crippen molar-refractivity contribution in [2.75, 3.05) is 0 Å². The monoisotopic (exact) mass is 772 g/mol. The van der Waals surface area contributed by atoms with E-state index in [9.17, 15) is 65.1 Å². The molecule has 0 saturated carbocycles. The smallest absolute Gasteiger partial charge is 0.546 e. The summed E-state index contributed by atoms with van der Waals surface area (Å²) >= 11 is 0. The predicted molar refractivity (Wildman–Crippen MR) is 170 cm³/mol. The van der Waals surface area contributed by atoms with Crippen molar-refractivity contribution in [1.29, 1.82) is 0 Å². The zero-order valence-electron chi connectivity index (χ0n) is 26.9. The number of rotatable bonds is 12. The number of aliphatic carboxylic acids is 2. The Morgan fingerprint density at radius 1 is 0.660 bits per heavy atom. The Morgan fingerprint density at radius 3 is 1.66 bits per heavy atom. The molecule has 0 aliphatic carbocycles. The number of phenolic OH excluding ortho intramolecular Hbond substituents is 7. The van der Waals surface area contributed by atoms with E-state index in [1.165, 1.54) is 24.3 Å². The van der Waals surface area contributed by atoms with Crippen molar-refractivity contribution in [2.24, 2.45) is 0 Å². The third kappa shape index (κ3) is 8.84. The molecule has 0 spiro atoms. The van der Waals surface area contributed by atoms with Gasteiger partial charge in [0.05, 0.1) is 11.9 Å². The van der Waals surface area contributed by atoms with Gasteiger partial charge in [0, 0.05) is 24.5 Å². The minimum atomic E-state index is -1.96. The Kier molecular flexibility index (Phi) is 12.0. The number of carboxylic acids is 2. The molecule has 1 aliphatic heterocycles. The van der Waals surface area contributed by atoms with Gasteiger partial charge in [-0.2, -0.15) is 0 Å². The second kappa shape index (κ2) is 16.2. The van der Waals surface area contributed by atoms with Crippen LogP contribution in [0.4, 0.5) is 0 Å². The Balaban J connectivity index is 0.00000627. The summed E-state index contributed by atoms with van der Waals surface area (Å²) in [6, 6.07) is 12.7. The molecule has 5 rings (SSSR count). The summed E-state index contributed by atoms with van der Waals surface area (Å²) in [7, 11) is 0. The molecule has 17 heteroatoms. The maximum atomic E-state index is 13.9. The fraction of sp³-hybridized carbons (Fsp3) is 0.167. The number of fused-ring (bicyclic) bond motifs is 1. The first-order valence-electron chi connectivity index (χ1n) is 15.2. The van der Waals surface area contributed by atoms with Gasteiger partial charge in [-0.05, 0) is 70.8 Å². The van der Waals surface area contributed by atoms with Crippen molar-refractivity contribution in [3.8, 4) is 46.0 Å². The number of benzene rings is 4. The Labute approximate surface area is 309 Å². The molecule has 1 heterocycles. The molecule has 4 aromatic carbocycles. The van der Waals surface area contributed by atoms with Gasteiger partial charge in [-0.1, -0.05) is 24.3 Å². The molecule has 276 valence electrons. The largest absolute Gasteiger partial charge is 2.00 e. The molecule has 0 radical (unpaired) electrons. The van der Waals surface area contributed by atoms with E-state index < -0.39 is 101 Å². The summed E-state index contributed by atoms with van der Waals surface area (Å²) in [5, 5.41) is 93.3. The van der Waals surface area contributed by atoms with Crippen LogP contribution >= 0.6 is 0 Å². The van der Waals surface area contributed by atoms with Crippen molar-refractivity contribution in [1.82, 2.24) is 0 Å². The van der Waals surface area contributed by atoms with Crippen molar-refractivity contribution in [3.05, 3.63) is 101 Å². The molecule has 1 aliphatic rings. The van der Waals surface area contributed by atoms with Crippen molar-refractivity contribution >= 4 is 30.0 Å². The van der Waals surface area contributed by atoms with E-state index in [1.54, 1.807) is 0 Å². The number of carbonyl (C=O) groups is 4. The molecule has 0 saturated heterocycles. The minimum absolute atomic E-state index is 0. The number of carbonyl (C=O) groups excluding carboxylic acids is 4. The topological polar surface area (TPSA) is 284 Å². The second-order valence-corrected chi connectivity index (χ2v) is 11.6. The van der Waals surface area contributed by atoms with Crippen LogP contribution in [-0.4, -0.2) is 71.8 Å². The van der Waals surface area contributed by atoms with Gasteiger partial charge >= 0.3 is 29.0 Å². The fourth-order valence-corrected chi connectivity index (χ4v) is 5.48. The predicted octanol–water partition coefficient (Wildman–Crippen LogP) is 0.663. The number of aromatic hydroxyl groups is 7. The SMILES string of the molecule is O=C(/C=C/c1ccc(O)c2c1[C@@H](C(=O)O[C@H](Cc1ccc(O)c(O)c1)C(=O)[O-])[C@H](c1ccc(O)c(O)c1)O2)O[C@H](Cc1ccc(O)c(O)c1)C(=O)[O-].[Fe+2]. The van der Waals surface area contributed by atoms with E-state index in [0.717, 1.165) is 54.6 Å². The first-order chi connectivity index (χ1) is 24.6. The molecule has 16 nitrogen and oxygen atoms in total. The average molecular weight is 772 g/mol. The zero-order chi connectivity index (χ0) is 37.9. The summed E-state index contributed by atoms with van der Waals surface area (Å²) < 4.78 is 16.3. The third-order valence-corrected chi connectivity index (χ3v) is 8.01. The van der Waals surface area contributed by atoms with Gasteiger partial charge in [-0.25, -0.2) is 4.79 Å². The van der Waals surface area contributed by atoms with Crippen LogP contribution in [0.15, 0.2) is 72.8 Å². The van der Waals surface area contributed by atoms with Crippen LogP contribution in [0.25, 0.3) is 6.08 Å². The number of ether oxygens (including phenoxy) is 3. The van der Waals surface area contributed by atoms with E-state index in [-0.39, 0.29) is 50.6 Å². The van der Waals surface area contributed by atoms with Crippen LogP contribution in [0, 0.1) is 0 Å². The van der Waals surface area contributed by atoms with Crippen molar-refractivity contribution in [2.45, 2.75) is 37.1 Å². The molecule has 0 bridgehead atoms. The quantitative estimate of drug-likeness (QED) is 0.0451. The molecule has 53 heavy (non-hydrogen) atoms. The van der Waals surface area contributed by atoms with Crippen molar-refractivity contribution < 1.29 is 96.4 Å². The van der Waals surface area contributed by atoms with Crippen LogP contribution in [0.3, 0.4) is 0 Å². The normalized spacial score (nSPS) is 15.7. The number of esters is 2.